The summed E-state index contributed by atoms with van der Waals surface area (Å²) < 4.78 is 5.31. The number of imide groups is 1. The second-order valence-electron chi connectivity index (χ2n) is 8.04. The monoisotopic (exact) mass is 489 g/mol. The molecule has 182 valence electrons. The van der Waals surface area contributed by atoms with Crippen molar-refractivity contribution in [2.75, 3.05) is 59.3 Å². The fourth-order valence-corrected chi connectivity index (χ4v) is 5.03. The number of likely N-dealkylation sites (N-methyl/N-ethyl adjacent to an activating group) is 2. The molecule has 4 amide bonds. The minimum atomic E-state index is -0.351. The van der Waals surface area contributed by atoms with Crippen molar-refractivity contribution in [2.24, 2.45) is 0 Å². The summed E-state index contributed by atoms with van der Waals surface area (Å²) in [5, 5.41) is 8.87. The molecule has 0 fully saturated rings. The third kappa shape index (κ3) is 10.8. The van der Waals surface area contributed by atoms with Crippen LogP contribution in [-0.4, -0.2) is 107 Å². The SMILES string of the molecule is CN(CCN(C)C(=O)CCC(C)(C)SSCCO)C(=O)CCOCCN1C(=O)C=CC1=O. The fraction of sp³-hybridized carbons (Fsp3) is 0.714. The number of nitrogens with zero attached hydrogens (tertiary/aromatic N) is 3. The molecule has 0 aromatic rings. The van der Waals surface area contributed by atoms with Crippen molar-refractivity contribution in [2.45, 2.75) is 37.9 Å². The third-order valence-electron chi connectivity index (χ3n) is 4.84. The van der Waals surface area contributed by atoms with E-state index in [1.807, 2.05) is 0 Å². The van der Waals surface area contributed by atoms with Crippen molar-refractivity contribution >= 4 is 45.2 Å². The molecule has 1 aliphatic heterocycles. The second-order valence-corrected chi connectivity index (χ2v) is 11.2. The minimum Gasteiger partial charge on any atom is -0.395 e. The van der Waals surface area contributed by atoms with E-state index in [-0.39, 0.29) is 61.2 Å². The van der Waals surface area contributed by atoms with Gasteiger partial charge in [-0.15, -0.1) is 0 Å². The molecule has 0 spiro atoms. The smallest absolute Gasteiger partial charge is 0.253 e. The number of hydrogen-bond donors (Lipinski definition) is 1. The Labute approximate surface area is 198 Å². The van der Waals surface area contributed by atoms with Crippen molar-refractivity contribution in [3.8, 4) is 0 Å². The van der Waals surface area contributed by atoms with E-state index < -0.39 is 0 Å². The predicted molar refractivity (Wildman–Crippen MR) is 127 cm³/mol. The van der Waals surface area contributed by atoms with Gasteiger partial charge in [0.15, 0.2) is 0 Å². The molecule has 0 aromatic carbocycles. The summed E-state index contributed by atoms with van der Waals surface area (Å²) in [6.07, 6.45) is 3.79. The summed E-state index contributed by atoms with van der Waals surface area (Å²) in [6.45, 7) is 5.73. The zero-order valence-corrected chi connectivity index (χ0v) is 21.0. The van der Waals surface area contributed by atoms with Gasteiger partial charge in [-0.25, -0.2) is 0 Å². The molecule has 0 radical (unpaired) electrons. The maximum atomic E-state index is 12.4. The van der Waals surface area contributed by atoms with Crippen LogP contribution in [0.25, 0.3) is 0 Å². The van der Waals surface area contributed by atoms with E-state index >= 15 is 0 Å². The molecule has 11 heteroatoms. The van der Waals surface area contributed by atoms with E-state index in [0.717, 1.165) is 11.3 Å². The number of carbonyl (C=O) groups is 4. The van der Waals surface area contributed by atoms with Crippen LogP contribution in [0.15, 0.2) is 12.2 Å². The van der Waals surface area contributed by atoms with Gasteiger partial charge in [-0.05, 0) is 20.3 Å². The van der Waals surface area contributed by atoms with Crippen LogP contribution in [0.5, 0.6) is 0 Å². The summed E-state index contributed by atoms with van der Waals surface area (Å²) in [6, 6.07) is 0. The van der Waals surface area contributed by atoms with Crippen LogP contribution in [0.4, 0.5) is 0 Å². The molecule has 0 saturated heterocycles. The molecule has 9 nitrogen and oxygen atoms in total. The van der Waals surface area contributed by atoms with Crippen molar-refractivity contribution < 1.29 is 29.0 Å². The number of rotatable bonds is 16. The Morgan fingerprint density at radius 2 is 1.59 bits per heavy atom. The summed E-state index contributed by atoms with van der Waals surface area (Å²) in [5.41, 5.74) is 0. The van der Waals surface area contributed by atoms with E-state index in [2.05, 4.69) is 13.8 Å². The first kappa shape index (κ1) is 28.5. The molecule has 1 N–H and O–H groups in total. The number of amides is 4. The summed E-state index contributed by atoms with van der Waals surface area (Å²) in [7, 11) is 6.71. The number of aliphatic hydroxyl groups is 1. The molecule has 32 heavy (non-hydrogen) atoms. The average molecular weight is 490 g/mol. The molecule has 0 aromatic heterocycles. The third-order valence-corrected chi connectivity index (χ3v) is 8.17. The molecule has 0 saturated carbocycles. The maximum Gasteiger partial charge on any atom is 0.253 e. The Hall–Kier alpha value is -1.56. The highest BCUT2D eigenvalue weighted by Crippen LogP contribution is 2.38. The van der Waals surface area contributed by atoms with Gasteiger partial charge in [0.25, 0.3) is 11.8 Å². The second kappa shape index (κ2) is 14.6. The molecule has 1 heterocycles. The van der Waals surface area contributed by atoms with Gasteiger partial charge in [0.1, 0.15) is 0 Å². The topological polar surface area (TPSA) is 107 Å². The Bertz CT molecular complexity index is 668. The largest absolute Gasteiger partial charge is 0.395 e. The van der Waals surface area contributed by atoms with Crippen LogP contribution in [0.3, 0.4) is 0 Å². The molecular formula is C21H35N3O6S2. The van der Waals surface area contributed by atoms with Gasteiger partial charge in [-0.2, -0.15) is 0 Å². The van der Waals surface area contributed by atoms with Gasteiger partial charge in [0, 0.05) is 56.3 Å². The first-order chi connectivity index (χ1) is 15.1. The minimum absolute atomic E-state index is 0.0375. The first-order valence-electron chi connectivity index (χ1n) is 10.6. The number of carbonyl (C=O) groups excluding carboxylic acids is 4. The van der Waals surface area contributed by atoms with Gasteiger partial charge in [0.2, 0.25) is 11.8 Å². The molecule has 0 aliphatic carbocycles. The van der Waals surface area contributed by atoms with Crippen molar-refractivity contribution in [3.05, 3.63) is 12.2 Å². The van der Waals surface area contributed by atoms with E-state index in [0.29, 0.717) is 25.3 Å². The molecule has 1 rings (SSSR count). The van der Waals surface area contributed by atoms with E-state index in [9.17, 15) is 19.2 Å². The van der Waals surface area contributed by atoms with Crippen molar-refractivity contribution in [1.82, 2.24) is 14.7 Å². The lowest BCUT2D eigenvalue weighted by molar-refractivity contribution is -0.138. The van der Waals surface area contributed by atoms with Crippen LogP contribution in [0.1, 0.15) is 33.1 Å². The highest BCUT2D eigenvalue weighted by atomic mass is 33.1. The quantitative estimate of drug-likeness (QED) is 0.196. The standard InChI is InChI=1S/C21H35N3O6S2/c1-21(2,32-31-16-13-25)9-7-17(26)22(3)10-11-23(4)18(27)8-14-30-15-12-24-19(28)5-6-20(24)29/h5-6,25H,7-16H2,1-4H3. The number of ether oxygens (including phenoxy) is 1. The van der Waals surface area contributed by atoms with Crippen molar-refractivity contribution in [3.63, 3.8) is 0 Å². The Balaban J connectivity index is 2.18. The maximum absolute atomic E-state index is 12.4. The summed E-state index contributed by atoms with van der Waals surface area (Å²) >= 11 is 0. The van der Waals surface area contributed by atoms with Gasteiger partial charge in [-0.3, -0.25) is 24.1 Å². The van der Waals surface area contributed by atoms with Gasteiger partial charge in [-0.1, -0.05) is 21.6 Å². The fourth-order valence-electron chi connectivity index (χ4n) is 2.69. The van der Waals surface area contributed by atoms with E-state index in [4.69, 9.17) is 9.84 Å². The summed E-state index contributed by atoms with van der Waals surface area (Å²) in [4.78, 5) is 51.8. The Kier molecular flexibility index (Phi) is 13.0. The average Bonchev–Trinajstić information content (AvgIpc) is 3.07. The zero-order chi connectivity index (χ0) is 24.1. The highest BCUT2D eigenvalue weighted by Gasteiger charge is 2.23. The lowest BCUT2D eigenvalue weighted by Gasteiger charge is -2.26. The van der Waals surface area contributed by atoms with Crippen LogP contribution in [-0.2, 0) is 23.9 Å². The number of hydrogen-bond acceptors (Lipinski definition) is 8. The van der Waals surface area contributed by atoms with Crippen LogP contribution < -0.4 is 0 Å². The van der Waals surface area contributed by atoms with E-state index in [1.54, 1.807) is 45.5 Å². The first-order valence-corrected chi connectivity index (χ1v) is 12.9. The molecule has 1 aliphatic rings. The molecule has 0 bridgehead atoms. The van der Waals surface area contributed by atoms with Gasteiger partial charge in [0.05, 0.1) is 32.8 Å². The van der Waals surface area contributed by atoms with E-state index in [1.165, 1.54) is 12.2 Å². The van der Waals surface area contributed by atoms with Crippen LogP contribution in [0.2, 0.25) is 0 Å². The molecular weight excluding hydrogens is 454 g/mol. The van der Waals surface area contributed by atoms with Crippen LogP contribution >= 0.6 is 21.6 Å². The predicted octanol–water partition coefficient (Wildman–Crippen LogP) is 1.17. The van der Waals surface area contributed by atoms with Crippen LogP contribution in [0, 0.1) is 0 Å². The highest BCUT2D eigenvalue weighted by molar-refractivity contribution is 8.77. The normalized spacial score (nSPS) is 13.7. The van der Waals surface area contributed by atoms with Crippen molar-refractivity contribution in [1.29, 1.82) is 0 Å². The van der Waals surface area contributed by atoms with Gasteiger partial charge >= 0.3 is 0 Å². The molecule has 0 unspecified atom stereocenters. The summed E-state index contributed by atoms with van der Waals surface area (Å²) in [5.74, 6) is -0.0930. The van der Waals surface area contributed by atoms with Gasteiger partial charge < -0.3 is 19.6 Å². The lowest BCUT2D eigenvalue weighted by Crippen LogP contribution is -2.38. The zero-order valence-electron chi connectivity index (χ0n) is 19.4. The Morgan fingerprint density at radius 1 is 1.03 bits per heavy atom. The molecule has 0 atom stereocenters. The number of aliphatic hydroxyl groups excluding tert-OH is 1. The Morgan fingerprint density at radius 3 is 2.16 bits per heavy atom. The lowest BCUT2D eigenvalue weighted by atomic mass is 10.1.